The Kier molecular flexibility index (Phi) is 5.54. The van der Waals surface area contributed by atoms with Crippen LogP contribution < -0.4 is 11.1 Å². The van der Waals surface area contributed by atoms with Crippen LogP contribution in [0.2, 0.25) is 0 Å². The van der Waals surface area contributed by atoms with Crippen molar-refractivity contribution in [1.29, 1.82) is 0 Å². The standard InChI is InChI=1S/C18H18F3N3O4S/c19-18(20,21)11-3-5-12(6-4-11)29(27,28)14-9-13(22)16(17(26)23-7-8-25)24-15(14)10-1-2-10/h3-6,9-10,25H,1-2,7-8,22H2,(H,23,26). The highest BCUT2D eigenvalue weighted by atomic mass is 32.2. The van der Waals surface area contributed by atoms with E-state index in [9.17, 15) is 26.4 Å². The van der Waals surface area contributed by atoms with Gasteiger partial charge in [-0.25, -0.2) is 13.4 Å². The second-order valence-electron chi connectivity index (χ2n) is 6.59. The number of carbonyl (C=O) groups is 1. The summed E-state index contributed by atoms with van der Waals surface area (Å²) in [6.45, 7) is -0.314. The van der Waals surface area contributed by atoms with Crippen molar-refractivity contribution in [3.8, 4) is 0 Å². The van der Waals surface area contributed by atoms with Crippen LogP contribution in [0.5, 0.6) is 0 Å². The largest absolute Gasteiger partial charge is 0.416 e. The van der Waals surface area contributed by atoms with Crippen LogP contribution in [0.15, 0.2) is 40.1 Å². The number of hydrogen-bond acceptors (Lipinski definition) is 6. The Hall–Kier alpha value is -2.66. The number of benzene rings is 1. The molecule has 0 aliphatic heterocycles. The first kappa shape index (κ1) is 21.1. The molecule has 1 heterocycles. The number of aliphatic hydroxyl groups is 1. The molecule has 2 aromatic rings. The molecular weight excluding hydrogens is 411 g/mol. The third kappa shape index (κ3) is 4.35. The van der Waals surface area contributed by atoms with Crippen molar-refractivity contribution in [2.75, 3.05) is 18.9 Å². The molecule has 0 spiro atoms. The monoisotopic (exact) mass is 429 g/mol. The molecule has 1 aromatic carbocycles. The average Bonchev–Trinajstić information content (AvgIpc) is 3.50. The van der Waals surface area contributed by atoms with Crippen LogP contribution in [0.4, 0.5) is 18.9 Å². The molecule has 3 rings (SSSR count). The fourth-order valence-corrected chi connectivity index (χ4v) is 4.29. The molecule has 1 saturated carbocycles. The Balaban J connectivity index is 2.05. The van der Waals surface area contributed by atoms with Crippen LogP contribution in [-0.2, 0) is 16.0 Å². The van der Waals surface area contributed by atoms with Gasteiger partial charge >= 0.3 is 6.18 Å². The summed E-state index contributed by atoms with van der Waals surface area (Å²) in [5, 5.41) is 11.2. The lowest BCUT2D eigenvalue weighted by Gasteiger charge is -2.14. The molecule has 1 aromatic heterocycles. The summed E-state index contributed by atoms with van der Waals surface area (Å²) in [5.41, 5.74) is 4.69. The van der Waals surface area contributed by atoms with E-state index in [2.05, 4.69) is 10.3 Å². The number of halogens is 3. The van der Waals surface area contributed by atoms with Crippen LogP contribution in [0.1, 0.15) is 40.5 Å². The Morgan fingerprint density at radius 1 is 1.24 bits per heavy atom. The van der Waals surface area contributed by atoms with E-state index in [-0.39, 0.29) is 45.9 Å². The quantitative estimate of drug-likeness (QED) is 0.647. The summed E-state index contributed by atoms with van der Waals surface area (Å²) >= 11 is 0. The highest BCUT2D eigenvalue weighted by molar-refractivity contribution is 7.91. The number of alkyl halides is 3. The van der Waals surface area contributed by atoms with Gasteiger partial charge in [-0.3, -0.25) is 4.79 Å². The molecule has 7 nitrogen and oxygen atoms in total. The SMILES string of the molecule is Nc1cc(S(=O)(=O)c2ccc(C(F)(F)F)cc2)c(C2CC2)nc1C(=O)NCCO. The van der Waals surface area contributed by atoms with E-state index >= 15 is 0 Å². The molecule has 1 fully saturated rings. The second-order valence-corrected chi connectivity index (χ2v) is 8.51. The maximum Gasteiger partial charge on any atom is 0.416 e. The number of rotatable bonds is 6. The zero-order valence-corrected chi connectivity index (χ0v) is 15.8. The van der Waals surface area contributed by atoms with Crippen molar-refractivity contribution in [3.05, 3.63) is 47.3 Å². The van der Waals surface area contributed by atoms with E-state index in [4.69, 9.17) is 10.8 Å². The minimum atomic E-state index is -4.59. The van der Waals surface area contributed by atoms with Crippen LogP contribution in [0.25, 0.3) is 0 Å². The summed E-state index contributed by atoms with van der Waals surface area (Å²) in [6.07, 6.45) is -3.24. The number of sulfone groups is 1. The first-order valence-electron chi connectivity index (χ1n) is 8.67. The van der Waals surface area contributed by atoms with Gasteiger partial charge in [-0.05, 0) is 43.2 Å². The topological polar surface area (TPSA) is 122 Å². The lowest BCUT2D eigenvalue weighted by molar-refractivity contribution is -0.137. The fraction of sp³-hybridized carbons (Fsp3) is 0.333. The zero-order valence-electron chi connectivity index (χ0n) is 15.0. The van der Waals surface area contributed by atoms with Crippen molar-refractivity contribution >= 4 is 21.4 Å². The number of carbonyl (C=O) groups excluding carboxylic acids is 1. The van der Waals surface area contributed by atoms with Gasteiger partial charge in [-0.2, -0.15) is 13.2 Å². The summed E-state index contributed by atoms with van der Waals surface area (Å²) < 4.78 is 64.3. The Labute approximate surface area is 164 Å². The molecule has 0 radical (unpaired) electrons. The van der Waals surface area contributed by atoms with Crippen LogP contribution in [0, 0.1) is 0 Å². The van der Waals surface area contributed by atoms with Crippen LogP contribution in [0.3, 0.4) is 0 Å². The minimum absolute atomic E-state index is 0.0235. The van der Waals surface area contributed by atoms with E-state index in [0.717, 1.165) is 18.2 Å². The van der Waals surface area contributed by atoms with Crippen molar-refractivity contribution < 1.29 is 31.5 Å². The molecule has 0 unspecified atom stereocenters. The van der Waals surface area contributed by atoms with Crippen molar-refractivity contribution in [2.24, 2.45) is 0 Å². The van der Waals surface area contributed by atoms with Crippen molar-refractivity contribution in [3.63, 3.8) is 0 Å². The van der Waals surface area contributed by atoms with Gasteiger partial charge in [-0.1, -0.05) is 0 Å². The van der Waals surface area contributed by atoms with Gasteiger partial charge in [0, 0.05) is 12.5 Å². The van der Waals surface area contributed by atoms with Gasteiger partial charge in [0.15, 0.2) is 5.69 Å². The number of pyridine rings is 1. The van der Waals surface area contributed by atoms with Gasteiger partial charge in [-0.15, -0.1) is 0 Å². The normalized spacial score (nSPS) is 14.6. The number of nitrogens with two attached hydrogens (primary N) is 1. The molecular formula is C18H18F3N3O4S. The number of anilines is 1. The minimum Gasteiger partial charge on any atom is -0.397 e. The van der Waals surface area contributed by atoms with E-state index in [1.165, 1.54) is 0 Å². The molecule has 156 valence electrons. The van der Waals surface area contributed by atoms with Gasteiger partial charge in [0.1, 0.15) is 0 Å². The number of nitrogens with one attached hydrogen (secondary N) is 1. The molecule has 11 heteroatoms. The third-order valence-electron chi connectivity index (χ3n) is 4.40. The van der Waals surface area contributed by atoms with Crippen LogP contribution >= 0.6 is 0 Å². The van der Waals surface area contributed by atoms with Gasteiger partial charge in [0.25, 0.3) is 5.91 Å². The fourth-order valence-electron chi connectivity index (χ4n) is 2.77. The Bertz CT molecular complexity index is 1030. The number of aliphatic hydroxyl groups excluding tert-OH is 1. The van der Waals surface area contributed by atoms with Gasteiger partial charge in [0.05, 0.1) is 33.3 Å². The first-order chi connectivity index (χ1) is 13.6. The molecule has 1 amide bonds. The van der Waals surface area contributed by atoms with E-state index in [0.29, 0.717) is 25.0 Å². The summed E-state index contributed by atoms with van der Waals surface area (Å²) in [4.78, 5) is 15.8. The molecule has 29 heavy (non-hydrogen) atoms. The van der Waals surface area contributed by atoms with Crippen molar-refractivity contribution in [1.82, 2.24) is 10.3 Å². The van der Waals surface area contributed by atoms with Crippen molar-refractivity contribution in [2.45, 2.75) is 34.7 Å². The van der Waals surface area contributed by atoms with E-state index < -0.39 is 27.5 Å². The number of hydrogen-bond donors (Lipinski definition) is 3. The number of nitrogens with zero attached hydrogens (tertiary/aromatic N) is 1. The summed E-state index contributed by atoms with van der Waals surface area (Å²) in [5.74, 6) is -0.837. The van der Waals surface area contributed by atoms with Gasteiger partial charge < -0.3 is 16.2 Å². The van der Waals surface area contributed by atoms with Crippen LogP contribution in [-0.4, -0.2) is 37.6 Å². The third-order valence-corrected chi connectivity index (χ3v) is 6.20. The smallest absolute Gasteiger partial charge is 0.397 e. The predicted octanol–water partition coefficient (Wildman–Crippen LogP) is 2.11. The highest BCUT2D eigenvalue weighted by Gasteiger charge is 2.35. The lowest BCUT2D eigenvalue weighted by atomic mass is 10.2. The zero-order chi connectivity index (χ0) is 21.4. The maximum absolute atomic E-state index is 13.0. The first-order valence-corrected chi connectivity index (χ1v) is 10.2. The molecule has 0 atom stereocenters. The summed E-state index contributed by atoms with van der Waals surface area (Å²) in [7, 11) is -4.20. The van der Waals surface area contributed by atoms with E-state index in [1.807, 2.05) is 0 Å². The molecule has 0 bridgehead atoms. The Morgan fingerprint density at radius 2 is 1.86 bits per heavy atom. The molecule has 1 aliphatic carbocycles. The number of nitrogen functional groups attached to an aromatic ring is 1. The number of amides is 1. The highest BCUT2D eigenvalue weighted by Crippen LogP contribution is 2.44. The summed E-state index contributed by atoms with van der Waals surface area (Å²) in [6, 6.07) is 4.26. The Morgan fingerprint density at radius 3 is 2.38 bits per heavy atom. The van der Waals surface area contributed by atoms with E-state index in [1.54, 1.807) is 0 Å². The van der Waals surface area contributed by atoms with Gasteiger partial charge in [0.2, 0.25) is 9.84 Å². The predicted molar refractivity (Wildman–Crippen MR) is 96.9 cm³/mol. The molecule has 0 saturated heterocycles. The second kappa shape index (κ2) is 7.64. The maximum atomic E-state index is 13.0. The number of aromatic nitrogens is 1. The molecule has 1 aliphatic rings. The lowest BCUT2D eigenvalue weighted by Crippen LogP contribution is -2.28. The average molecular weight is 429 g/mol. The molecule has 4 N–H and O–H groups in total.